The van der Waals surface area contributed by atoms with E-state index < -0.39 is 5.60 Å². The molecular formula is C28H46O3. The van der Waals surface area contributed by atoms with Crippen molar-refractivity contribution in [2.45, 2.75) is 97.0 Å². The van der Waals surface area contributed by atoms with Crippen LogP contribution in [-0.4, -0.2) is 35.6 Å². The molecule has 176 valence electrons. The third-order valence-corrected chi connectivity index (χ3v) is 8.47. The van der Waals surface area contributed by atoms with Gasteiger partial charge in [0.05, 0.1) is 5.60 Å². The number of rotatable bonds is 9. The first kappa shape index (κ1) is 24.7. The maximum atomic E-state index is 9.82. The van der Waals surface area contributed by atoms with E-state index in [1.807, 2.05) is 13.8 Å². The molecule has 3 fully saturated rings. The summed E-state index contributed by atoms with van der Waals surface area (Å²) in [7, 11) is 0. The lowest BCUT2D eigenvalue weighted by molar-refractivity contribution is 0.0437. The largest absolute Gasteiger partial charge is 0.396 e. The maximum absolute atomic E-state index is 9.82. The van der Waals surface area contributed by atoms with Crippen LogP contribution in [0.5, 0.6) is 0 Å². The van der Waals surface area contributed by atoms with E-state index in [2.05, 4.69) is 25.7 Å². The van der Waals surface area contributed by atoms with E-state index in [9.17, 15) is 10.2 Å². The van der Waals surface area contributed by atoms with Gasteiger partial charge < -0.3 is 14.9 Å². The molecule has 3 aliphatic rings. The monoisotopic (exact) mass is 430 g/mol. The molecule has 3 aliphatic carbocycles. The highest BCUT2D eigenvalue weighted by atomic mass is 16.5. The molecule has 3 nitrogen and oxygen atoms in total. The number of aliphatic hydroxyl groups is 2. The van der Waals surface area contributed by atoms with Crippen molar-refractivity contribution in [1.29, 1.82) is 0 Å². The Morgan fingerprint density at radius 1 is 1.13 bits per heavy atom. The van der Waals surface area contributed by atoms with Crippen LogP contribution >= 0.6 is 0 Å². The van der Waals surface area contributed by atoms with Crippen molar-refractivity contribution in [3.63, 3.8) is 0 Å². The van der Waals surface area contributed by atoms with Crippen LogP contribution < -0.4 is 0 Å². The minimum atomic E-state index is -0.585. The van der Waals surface area contributed by atoms with E-state index >= 15 is 0 Å². The van der Waals surface area contributed by atoms with Crippen molar-refractivity contribution in [1.82, 2.24) is 0 Å². The fourth-order valence-corrected chi connectivity index (χ4v) is 6.49. The Morgan fingerprint density at radius 2 is 1.94 bits per heavy atom. The molecule has 2 N–H and O–H groups in total. The lowest BCUT2D eigenvalue weighted by atomic mass is 9.63. The number of ether oxygens (including phenoxy) is 1. The molecule has 3 rings (SSSR count). The van der Waals surface area contributed by atoms with Crippen LogP contribution in [0.4, 0.5) is 0 Å². The van der Waals surface area contributed by atoms with Gasteiger partial charge in [-0.1, -0.05) is 31.2 Å². The zero-order valence-corrected chi connectivity index (χ0v) is 20.3. The molecular weight excluding hydrogens is 384 g/mol. The van der Waals surface area contributed by atoms with Crippen LogP contribution in [0.2, 0.25) is 0 Å². The molecule has 0 aromatic heterocycles. The summed E-state index contributed by atoms with van der Waals surface area (Å²) in [5.41, 5.74) is 4.00. The van der Waals surface area contributed by atoms with Crippen LogP contribution in [-0.2, 0) is 4.74 Å². The van der Waals surface area contributed by atoms with Crippen molar-refractivity contribution >= 4 is 0 Å². The SMILES string of the molecule is C=C1/C(=C\C=C2/CCCC3(C)C2CC[C@@H]3CCOCCCC(C)(C)O)CCCC1CO. The van der Waals surface area contributed by atoms with E-state index in [0.29, 0.717) is 11.3 Å². The quantitative estimate of drug-likeness (QED) is 0.418. The molecule has 0 aliphatic heterocycles. The van der Waals surface area contributed by atoms with Crippen LogP contribution in [0.1, 0.15) is 91.4 Å². The molecule has 0 aromatic carbocycles. The minimum absolute atomic E-state index is 0.231. The van der Waals surface area contributed by atoms with E-state index in [4.69, 9.17) is 4.74 Å². The van der Waals surface area contributed by atoms with Crippen molar-refractivity contribution in [3.8, 4) is 0 Å². The van der Waals surface area contributed by atoms with Gasteiger partial charge in [-0.3, -0.25) is 0 Å². The molecule has 0 aromatic rings. The van der Waals surface area contributed by atoms with Crippen LogP contribution in [0.15, 0.2) is 35.5 Å². The second-order valence-electron chi connectivity index (χ2n) is 11.2. The van der Waals surface area contributed by atoms with E-state index in [1.165, 1.54) is 44.1 Å². The molecule has 3 unspecified atom stereocenters. The average Bonchev–Trinajstić information content (AvgIpc) is 3.05. The lowest BCUT2D eigenvalue weighted by Crippen LogP contribution is -2.33. The zero-order chi connectivity index (χ0) is 22.5. The van der Waals surface area contributed by atoms with Gasteiger partial charge in [0.15, 0.2) is 0 Å². The Bertz CT molecular complexity index is 668. The molecule has 0 saturated heterocycles. The molecule has 3 saturated carbocycles. The van der Waals surface area contributed by atoms with Gasteiger partial charge in [-0.25, -0.2) is 0 Å². The van der Waals surface area contributed by atoms with Gasteiger partial charge >= 0.3 is 0 Å². The number of hydrogen-bond acceptors (Lipinski definition) is 3. The van der Waals surface area contributed by atoms with Gasteiger partial charge in [-0.05, 0) is 113 Å². The predicted octanol–water partition coefficient (Wildman–Crippen LogP) is 6.36. The normalized spacial score (nSPS) is 34.5. The smallest absolute Gasteiger partial charge is 0.0592 e. The zero-order valence-electron chi connectivity index (χ0n) is 20.3. The lowest BCUT2D eigenvalue weighted by Gasteiger charge is -2.42. The van der Waals surface area contributed by atoms with Crippen molar-refractivity contribution in [2.24, 2.45) is 23.2 Å². The number of aliphatic hydroxyl groups excluding tert-OH is 1. The van der Waals surface area contributed by atoms with Gasteiger partial charge in [0, 0.05) is 25.7 Å². The van der Waals surface area contributed by atoms with Gasteiger partial charge in [0.2, 0.25) is 0 Å². The van der Waals surface area contributed by atoms with Gasteiger partial charge in [0.1, 0.15) is 0 Å². The first-order valence-corrected chi connectivity index (χ1v) is 12.7. The highest BCUT2D eigenvalue weighted by Gasteiger charge is 2.48. The second-order valence-corrected chi connectivity index (χ2v) is 11.2. The van der Waals surface area contributed by atoms with E-state index in [1.54, 1.807) is 5.57 Å². The molecule has 0 heterocycles. The summed E-state index contributed by atoms with van der Waals surface area (Å²) in [5, 5.41) is 19.4. The number of fused-ring (bicyclic) bond motifs is 1. The van der Waals surface area contributed by atoms with Crippen molar-refractivity contribution in [2.75, 3.05) is 19.8 Å². The van der Waals surface area contributed by atoms with E-state index in [0.717, 1.165) is 56.8 Å². The standard InChI is InChI=1S/C28H46O3/c1-21-22(8-5-9-24(21)20-29)11-12-23-10-6-17-28(4)25(13-14-26(23)28)15-19-31-18-7-16-27(2,3)30/h11-12,24-26,29-30H,1,5-10,13-20H2,2-4H3/b22-11-,23-12+/t24?,25-,26?,28?/m1/s1. The Labute approximate surface area is 190 Å². The summed E-state index contributed by atoms with van der Waals surface area (Å²) >= 11 is 0. The summed E-state index contributed by atoms with van der Waals surface area (Å²) in [5.74, 6) is 1.73. The van der Waals surface area contributed by atoms with Crippen LogP contribution in [0, 0.1) is 23.2 Å². The highest BCUT2D eigenvalue weighted by Crippen LogP contribution is 2.58. The molecule has 0 spiro atoms. The van der Waals surface area contributed by atoms with Crippen molar-refractivity contribution < 1.29 is 14.9 Å². The Kier molecular flexibility index (Phi) is 8.63. The summed E-state index contributed by atoms with van der Waals surface area (Å²) in [6, 6.07) is 0. The fraction of sp³-hybridized carbons (Fsp3) is 0.786. The Hall–Kier alpha value is -0.900. The summed E-state index contributed by atoms with van der Waals surface area (Å²) < 4.78 is 5.94. The predicted molar refractivity (Wildman–Crippen MR) is 129 cm³/mol. The van der Waals surface area contributed by atoms with Gasteiger partial charge in [0.25, 0.3) is 0 Å². The molecule has 4 atom stereocenters. The molecule has 0 radical (unpaired) electrons. The minimum Gasteiger partial charge on any atom is -0.396 e. The van der Waals surface area contributed by atoms with Gasteiger partial charge in [-0.2, -0.15) is 0 Å². The first-order valence-electron chi connectivity index (χ1n) is 12.7. The number of allylic oxidation sites excluding steroid dienone is 4. The van der Waals surface area contributed by atoms with Crippen molar-refractivity contribution in [3.05, 3.63) is 35.5 Å². The molecule has 31 heavy (non-hydrogen) atoms. The van der Waals surface area contributed by atoms with E-state index in [-0.39, 0.29) is 12.5 Å². The molecule has 3 heteroatoms. The highest BCUT2D eigenvalue weighted by molar-refractivity contribution is 5.37. The summed E-state index contributed by atoms with van der Waals surface area (Å²) in [6.07, 6.45) is 17.5. The van der Waals surface area contributed by atoms with Crippen LogP contribution in [0.3, 0.4) is 0 Å². The topological polar surface area (TPSA) is 49.7 Å². The average molecular weight is 431 g/mol. The molecule has 0 amide bonds. The summed E-state index contributed by atoms with van der Waals surface area (Å²) in [6.45, 7) is 12.4. The number of hydrogen-bond donors (Lipinski definition) is 2. The first-order chi connectivity index (χ1) is 14.7. The third kappa shape index (κ3) is 6.33. The third-order valence-electron chi connectivity index (χ3n) is 8.47. The summed E-state index contributed by atoms with van der Waals surface area (Å²) in [4.78, 5) is 0. The second kappa shape index (κ2) is 10.8. The fourth-order valence-electron chi connectivity index (χ4n) is 6.49. The Morgan fingerprint density at radius 3 is 2.68 bits per heavy atom. The maximum Gasteiger partial charge on any atom is 0.0592 e. The Balaban J connectivity index is 1.55. The van der Waals surface area contributed by atoms with Crippen LogP contribution in [0.25, 0.3) is 0 Å². The molecule has 0 bridgehead atoms. The van der Waals surface area contributed by atoms with Gasteiger partial charge in [-0.15, -0.1) is 0 Å².